The number of nitrogens with zero attached hydrogens (tertiary/aromatic N) is 7. The molecule has 0 saturated carbocycles. The third kappa shape index (κ3) is 17.1. The zero-order valence-electron chi connectivity index (χ0n) is 31.0. The summed E-state index contributed by atoms with van der Waals surface area (Å²) in [5, 5.41) is 72.6. The van der Waals surface area contributed by atoms with Gasteiger partial charge in [-0.3, -0.25) is 9.11 Å². The maximum Gasteiger partial charge on any atom is 0.295 e. The molecule has 2 unspecified atom stereocenters. The molecule has 61 heavy (non-hydrogen) atoms. The zero-order valence-corrected chi connectivity index (χ0v) is 34.3. The lowest BCUT2D eigenvalue weighted by molar-refractivity contribution is -0.432. The Morgan fingerprint density at radius 1 is 0.738 bits per heavy atom. The van der Waals surface area contributed by atoms with Gasteiger partial charge in [-0.2, -0.15) is 51.1 Å². The molecule has 0 fully saturated rings. The first-order valence-corrected chi connectivity index (χ1v) is 21.6. The van der Waals surface area contributed by atoms with E-state index < -0.39 is 56.3 Å². The van der Waals surface area contributed by atoms with Crippen molar-refractivity contribution >= 4 is 110 Å². The van der Waals surface area contributed by atoms with Gasteiger partial charge < -0.3 is 47.0 Å². The molecule has 0 amide bonds. The van der Waals surface area contributed by atoms with E-state index in [1.807, 2.05) is 0 Å². The summed E-state index contributed by atoms with van der Waals surface area (Å²) < 4.78 is 75.3. The summed E-state index contributed by atoms with van der Waals surface area (Å²) in [6, 6.07) is 8.49. The number of nitrogens with one attached hydrogen (secondary N) is 5. The van der Waals surface area contributed by atoms with E-state index in [0.29, 0.717) is 35.3 Å². The van der Waals surface area contributed by atoms with Crippen molar-refractivity contribution < 1.29 is 70.6 Å². The second kappa shape index (κ2) is 23.9. The second-order valence-corrected chi connectivity index (χ2v) is 16.1. The van der Waals surface area contributed by atoms with Crippen LogP contribution in [-0.2, 0) is 33.9 Å². The zero-order chi connectivity index (χ0) is 44.4. The van der Waals surface area contributed by atoms with Gasteiger partial charge in [-0.1, -0.05) is 29.3 Å². The van der Waals surface area contributed by atoms with Gasteiger partial charge in [0.25, 0.3) is 26.2 Å². The lowest BCUT2D eigenvalue weighted by Gasteiger charge is -2.13. The number of aliphatic imine (C=N–C) groups is 1. The second-order valence-electron chi connectivity index (χ2n) is 11.7. The molecule has 4 aromatic rings. The van der Waals surface area contributed by atoms with Gasteiger partial charge in [-0.15, -0.1) is 4.33 Å². The van der Waals surface area contributed by atoms with E-state index in [1.54, 1.807) is 12.1 Å². The first kappa shape index (κ1) is 48.7. The van der Waals surface area contributed by atoms with Gasteiger partial charge in [0.1, 0.15) is 4.90 Å². The number of aliphatic hydroxyl groups excluding tert-OH is 4. The van der Waals surface area contributed by atoms with Gasteiger partial charge in [0.05, 0.1) is 49.0 Å². The third-order valence-corrected chi connectivity index (χ3v) is 9.81. The predicted molar refractivity (Wildman–Crippen MR) is 221 cm³/mol. The molecular weight excluding hydrogens is 897 g/mol. The molecular formula is C30H38N12O15S4. The fourth-order valence-corrected chi connectivity index (χ4v) is 6.25. The van der Waals surface area contributed by atoms with Crippen molar-refractivity contribution in [1.29, 1.82) is 0 Å². The molecule has 0 aliphatic rings. The summed E-state index contributed by atoms with van der Waals surface area (Å²) in [4.78, 5) is 28.6. The van der Waals surface area contributed by atoms with Gasteiger partial charge in [-0.25, -0.2) is 15.5 Å². The topological polar surface area (TPSA) is 408 Å². The normalized spacial score (nSPS) is 13.0. The number of anilines is 7. The highest BCUT2D eigenvalue weighted by Crippen LogP contribution is 2.31. The number of aliphatic hydroxyl groups is 4. The van der Waals surface area contributed by atoms with Crippen LogP contribution >= 0.6 is 24.1 Å². The Morgan fingerprint density at radius 2 is 1.28 bits per heavy atom. The molecule has 2 aromatic carbocycles. The molecule has 332 valence electrons. The monoisotopic (exact) mass is 934 g/mol. The fourth-order valence-electron chi connectivity index (χ4n) is 4.46. The summed E-state index contributed by atoms with van der Waals surface area (Å²) in [6.07, 6.45) is 1.81. The molecule has 0 radical (unpaired) electrons. The molecule has 0 aliphatic heterocycles. The number of hydrogen-bond acceptors (Lipinski definition) is 27. The summed E-state index contributed by atoms with van der Waals surface area (Å²) in [5.41, 5.74) is 0.820. The Labute approximate surface area is 354 Å². The molecule has 2 aromatic heterocycles. The predicted octanol–water partition coefficient (Wildman–Crippen LogP) is 1.06. The van der Waals surface area contributed by atoms with Crippen molar-refractivity contribution in [2.24, 2.45) is 4.99 Å². The van der Waals surface area contributed by atoms with E-state index in [9.17, 15) is 36.9 Å². The van der Waals surface area contributed by atoms with E-state index in [0.717, 1.165) is 6.07 Å². The first-order valence-electron chi connectivity index (χ1n) is 16.9. The quantitative estimate of drug-likeness (QED) is 0.00796. The van der Waals surface area contributed by atoms with E-state index in [4.69, 9.17) is 20.0 Å². The number of aromatic nitrogens is 6. The van der Waals surface area contributed by atoms with Crippen molar-refractivity contribution in [1.82, 2.24) is 29.9 Å². The minimum absolute atomic E-state index is 0.0227. The third-order valence-electron chi connectivity index (χ3n) is 7.13. The highest BCUT2D eigenvalue weighted by atomic mass is 32.2. The lowest BCUT2D eigenvalue weighted by atomic mass is 10.1. The molecule has 0 saturated heterocycles. The number of rotatable bonds is 26. The van der Waals surface area contributed by atoms with Gasteiger partial charge in [0.15, 0.2) is 0 Å². The van der Waals surface area contributed by atoms with Crippen LogP contribution in [0.3, 0.4) is 0 Å². The minimum atomic E-state index is -4.85. The van der Waals surface area contributed by atoms with Crippen LogP contribution in [0, 0.1) is 0 Å². The van der Waals surface area contributed by atoms with Crippen LogP contribution in [-0.4, -0.2) is 150 Å². The molecule has 0 aliphatic carbocycles. The van der Waals surface area contributed by atoms with Crippen LogP contribution in [0.2, 0.25) is 0 Å². The highest BCUT2D eigenvalue weighted by molar-refractivity contribution is 7.95. The maximum absolute atomic E-state index is 12.6. The summed E-state index contributed by atoms with van der Waals surface area (Å²) in [6.45, 7) is -1.70. The first-order chi connectivity index (χ1) is 29.1. The molecule has 27 nitrogen and oxygen atoms in total. The van der Waals surface area contributed by atoms with Gasteiger partial charge in [0, 0.05) is 54.2 Å². The van der Waals surface area contributed by atoms with E-state index >= 15 is 0 Å². The highest BCUT2D eigenvalue weighted by Gasteiger charge is 2.17. The Morgan fingerprint density at radius 3 is 1.87 bits per heavy atom. The summed E-state index contributed by atoms with van der Waals surface area (Å²) >= 11 is 1.20. The SMILES string of the molecule is O=S(=O)(O)CCNc1nc(NCC(O)CO)nc(Nc2ccc(C=Cc3ccc(Nc4nc(N=CCSOOO)nc(NCC(O)CO)n4)cc3S(=O)(=O)O)c(SOO)c2)n1. The van der Waals surface area contributed by atoms with Crippen LogP contribution in [0.4, 0.5) is 47.1 Å². The number of hydrogen-bond donors (Lipinski definition) is 13. The molecule has 2 atom stereocenters. The van der Waals surface area contributed by atoms with E-state index in [-0.39, 0.29) is 77.2 Å². The van der Waals surface area contributed by atoms with Gasteiger partial charge in [-0.05, 0) is 35.4 Å². The van der Waals surface area contributed by atoms with Gasteiger partial charge >= 0.3 is 0 Å². The number of benzene rings is 2. The van der Waals surface area contributed by atoms with E-state index in [2.05, 4.69) is 75.2 Å². The van der Waals surface area contributed by atoms with Crippen LogP contribution in [0.15, 0.2) is 51.2 Å². The van der Waals surface area contributed by atoms with Crippen molar-refractivity contribution in [2.75, 3.05) is 70.9 Å². The molecule has 0 spiro atoms. The standard InChI is InChI=1S/C30H38N12O15S4/c43-15-21(45)13-33-27-37-25(31-7-9-58-57-55-47)39-30(42-27)36-20-6-4-18(24(12-20)61(52,53)54)2-1-17-3-5-19(11-23(17)59-56-48)35-29-40-26(32-8-10-60(49,50)51)38-28(41-29)34-14-22(46)16-44/h1-7,11-12,21-22,43-48H,8-10,13-16H2,(H,49,50,51)(H,52,53,54)(H2,33,36,37,39,42)(H3,32,34,35,38,40,41). The molecule has 31 heteroatoms. The van der Waals surface area contributed by atoms with Crippen LogP contribution in [0.25, 0.3) is 12.2 Å². The van der Waals surface area contributed by atoms with E-state index in [1.165, 1.54) is 36.6 Å². The molecule has 0 bridgehead atoms. The Hall–Kier alpha value is -4.97. The molecule has 4 rings (SSSR count). The molecule has 13 N–H and O–H groups in total. The minimum Gasteiger partial charge on any atom is -0.394 e. The van der Waals surface area contributed by atoms with Crippen molar-refractivity contribution in [3.05, 3.63) is 47.5 Å². The van der Waals surface area contributed by atoms with Crippen molar-refractivity contribution in [3.63, 3.8) is 0 Å². The van der Waals surface area contributed by atoms with Crippen LogP contribution in [0.1, 0.15) is 11.1 Å². The average molecular weight is 935 g/mol. The van der Waals surface area contributed by atoms with Crippen molar-refractivity contribution in [3.8, 4) is 0 Å². The largest absolute Gasteiger partial charge is 0.394 e. The van der Waals surface area contributed by atoms with Crippen LogP contribution in [0.5, 0.6) is 0 Å². The fraction of sp³-hybridized carbons (Fsp3) is 0.300. The smallest absolute Gasteiger partial charge is 0.295 e. The van der Waals surface area contributed by atoms with Crippen LogP contribution < -0.4 is 26.6 Å². The average Bonchev–Trinajstić information content (AvgIpc) is 3.21. The maximum atomic E-state index is 12.6. The Kier molecular flexibility index (Phi) is 19.1. The Balaban J connectivity index is 1.60. The van der Waals surface area contributed by atoms with Crippen molar-refractivity contribution in [2.45, 2.75) is 22.0 Å². The molecule has 2 heterocycles. The van der Waals surface area contributed by atoms with Gasteiger partial charge in [0.2, 0.25) is 29.7 Å². The summed E-state index contributed by atoms with van der Waals surface area (Å²) in [5.74, 6) is -1.25. The Bertz CT molecular complexity index is 2350. The summed E-state index contributed by atoms with van der Waals surface area (Å²) in [7, 11) is -9.16. The lowest BCUT2D eigenvalue weighted by Crippen LogP contribution is -2.24.